The van der Waals surface area contributed by atoms with Gasteiger partial charge in [0.15, 0.2) is 9.84 Å². The van der Waals surface area contributed by atoms with Gasteiger partial charge in [0.1, 0.15) is 5.69 Å². The number of hydrogen-bond acceptors (Lipinski definition) is 5. The number of piperazine rings is 1. The molecule has 3 heterocycles. The average molecular weight is 493 g/mol. The number of benzene rings is 2. The molecule has 0 aliphatic carbocycles. The van der Waals surface area contributed by atoms with Crippen LogP contribution in [0.25, 0.3) is 11.3 Å². The van der Waals surface area contributed by atoms with E-state index in [0.717, 1.165) is 11.1 Å². The van der Waals surface area contributed by atoms with Crippen LogP contribution in [0.15, 0.2) is 54.7 Å². The number of carbonyl (C=O) groups excluding carboxylic acids is 1. The van der Waals surface area contributed by atoms with Crippen molar-refractivity contribution in [1.29, 1.82) is 0 Å². The molecule has 1 amide bonds. The molecule has 8 heteroatoms. The predicted octanol–water partition coefficient (Wildman–Crippen LogP) is 3.16. The van der Waals surface area contributed by atoms with E-state index in [0.29, 0.717) is 50.4 Å². The summed E-state index contributed by atoms with van der Waals surface area (Å²) in [6, 6.07) is 16.4. The van der Waals surface area contributed by atoms with Gasteiger partial charge >= 0.3 is 0 Å². The lowest BCUT2D eigenvalue weighted by atomic mass is 10.0. The highest BCUT2D eigenvalue weighted by Gasteiger charge is 2.35. The second-order valence-electron chi connectivity index (χ2n) is 9.76. The predicted molar refractivity (Wildman–Crippen MR) is 137 cm³/mol. The fourth-order valence-corrected chi connectivity index (χ4v) is 6.82. The van der Waals surface area contributed by atoms with Gasteiger partial charge in [0.2, 0.25) is 0 Å². The highest BCUT2D eigenvalue weighted by molar-refractivity contribution is 7.91. The zero-order chi connectivity index (χ0) is 24.6. The van der Waals surface area contributed by atoms with Crippen molar-refractivity contribution in [3.63, 3.8) is 0 Å². The Labute approximate surface area is 207 Å². The molecule has 35 heavy (non-hydrogen) atoms. The molecule has 184 valence electrons. The summed E-state index contributed by atoms with van der Waals surface area (Å²) in [5, 5.41) is 4.85. The minimum atomic E-state index is -2.92. The van der Waals surface area contributed by atoms with Crippen LogP contribution in [0.2, 0.25) is 0 Å². The van der Waals surface area contributed by atoms with Crippen LogP contribution in [0, 0.1) is 13.8 Å². The molecule has 0 N–H and O–H groups in total. The summed E-state index contributed by atoms with van der Waals surface area (Å²) in [4.78, 5) is 17.8. The standard InChI is InChI=1S/C27H32N4O3S/c1-20-8-9-23(16-21(20)2)26-25(18-31(28-26)17-22-6-4-3-5-7-22)27(32)30-13-11-29(12-14-30)24-10-15-35(33,34)19-24/h3-9,16,18,24H,10-15,17,19H2,1-2H3/t24-/m1/s1. The zero-order valence-corrected chi connectivity index (χ0v) is 21.2. The van der Waals surface area contributed by atoms with E-state index in [1.54, 1.807) is 0 Å². The van der Waals surface area contributed by atoms with Gasteiger partial charge in [0, 0.05) is 44.0 Å². The van der Waals surface area contributed by atoms with Crippen LogP contribution < -0.4 is 0 Å². The van der Waals surface area contributed by atoms with E-state index in [-0.39, 0.29) is 23.5 Å². The first-order chi connectivity index (χ1) is 16.8. The second kappa shape index (κ2) is 9.59. The first-order valence-corrected chi connectivity index (χ1v) is 14.0. The van der Waals surface area contributed by atoms with Crippen molar-refractivity contribution in [2.75, 3.05) is 37.7 Å². The Hall–Kier alpha value is -2.97. The molecule has 2 aliphatic heterocycles. The molecule has 0 spiro atoms. The topological polar surface area (TPSA) is 75.5 Å². The second-order valence-corrected chi connectivity index (χ2v) is 12.0. The smallest absolute Gasteiger partial charge is 0.257 e. The molecule has 7 nitrogen and oxygen atoms in total. The van der Waals surface area contributed by atoms with Crippen molar-refractivity contribution in [3.8, 4) is 11.3 Å². The van der Waals surface area contributed by atoms with E-state index in [1.165, 1.54) is 11.1 Å². The molecule has 2 aromatic carbocycles. The van der Waals surface area contributed by atoms with E-state index in [2.05, 4.69) is 43.0 Å². The third-order valence-corrected chi connectivity index (χ3v) is 9.04. The van der Waals surface area contributed by atoms with Crippen LogP contribution in [0.4, 0.5) is 0 Å². The van der Waals surface area contributed by atoms with Crippen LogP contribution in [0.1, 0.15) is 33.5 Å². The summed E-state index contributed by atoms with van der Waals surface area (Å²) in [6.07, 6.45) is 2.56. The lowest BCUT2D eigenvalue weighted by molar-refractivity contribution is 0.0588. The Bertz CT molecular complexity index is 1330. The number of amides is 1. The Kier molecular flexibility index (Phi) is 6.51. The summed E-state index contributed by atoms with van der Waals surface area (Å²) >= 11 is 0. The number of carbonyl (C=O) groups is 1. The monoisotopic (exact) mass is 492 g/mol. The van der Waals surface area contributed by atoms with Crippen molar-refractivity contribution in [2.45, 2.75) is 32.9 Å². The summed E-state index contributed by atoms with van der Waals surface area (Å²) in [5.41, 5.74) is 5.76. The molecule has 0 saturated carbocycles. The molecule has 3 aromatic rings. The minimum absolute atomic E-state index is 0.0174. The summed E-state index contributed by atoms with van der Waals surface area (Å²) in [5.74, 6) is 0.497. The molecule has 1 atom stereocenters. The number of rotatable bonds is 5. The van der Waals surface area contributed by atoms with Crippen molar-refractivity contribution in [3.05, 3.63) is 77.0 Å². The van der Waals surface area contributed by atoms with E-state index >= 15 is 0 Å². The van der Waals surface area contributed by atoms with E-state index in [9.17, 15) is 13.2 Å². The Morgan fingerprint density at radius 2 is 1.74 bits per heavy atom. The number of sulfone groups is 1. The maximum absolute atomic E-state index is 13.7. The van der Waals surface area contributed by atoms with Gasteiger partial charge in [-0.3, -0.25) is 14.4 Å². The molecule has 0 unspecified atom stereocenters. The Morgan fingerprint density at radius 3 is 2.40 bits per heavy atom. The number of aryl methyl sites for hydroxylation is 2. The summed E-state index contributed by atoms with van der Waals surface area (Å²) in [6.45, 7) is 7.32. The van der Waals surface area contributed by atoms with Gasteiger partial charge in [-0.25, -0.2) is 8.42 Å². The number of nitrogens with zero attached hydrogens (tertiary/aromatic N) is 4. The maximum Gasteiger partial charge on any atom is 0.257 e. The molecule has 0 radical (unpaired) electrons. The zero-order valence-electron chi connectivity index (χ0n) is 20.4. The largest absolute Gasteiger partial charge is 0.336 e. The Balaban J connectivity index is 1.38. The van der Waals surface area contributed by atoms with Crippen molar-refractivity contribution < 1.29 is 13.2 Å². The average Bonchev–Trinajstić information content (AvgIpc) is 3.44. The molecule has 1 aromatic heterocycles. The van der Waals surface area contributed by atoms with Crippen LogP contribution >= 0.6 is 0 Å². The quantitative estimate of drug-likeness (QED) is 0.547. The molecule has 2 fully saturated rings. The number of hydrogen-bond donors (Lipinski definition) is 0. The van der Waals surface area contributed by atoms with Crippen LogP contribution in [-0.4, -0.2) is 77.6 Å². The van der Waals surface area contributed by atoms with E-state index in [1.807, 2.05) is 40.0 Å². The third kappa shape index (κ3) is 5.18. The van der Waals surface area contributed by atoms with Crippen LogP contribution in [0.5, 0.6) is 0 Å². The van der Waals surface area contributed by atoms with Gasteiger partial charge in [0.25, 0.3) is 5.91 Å². The third-order valence-electron chi connectivity index (χ3n) is 7.29. The van der Waals surface area contributed by atoms with Crippen molar-refractivity contribution in [2.24, 2.45) is 0 Å². The first kappa shape index (κ1) is 23.8. The lowest BCUT2D eigenvalue weighted by Crippen LogP contribution is -2.52. The molecular formula is C27H32N4O3S. The minimum Gasteiger partial charge on any atom is -0.336 e. The highest BCUT2D eigenvalue weighted by atomic mass is 32.2. The van der Waals surface area contributed by atoms with Crippen molar-refractivity contribution >= 4 is 15.7 Å². The van der Waals surface area contributed by atoms with Gasteiger partial charge < -0.3 is 4.90 Å². The fraction of sp³-hybridized carbons (Fsp3) is 0.407. The number of aromatic nitrogens is 2. The summed E-state index contributed by atoms with van der Waals surface area (Å²) < 4.78 is 25.6. The van der Waals surface area contributed by atoms with Crippen molar-refractivity contribution in [1.82, 2.24) is 19.6 Å². The van der Waals surface area contributed by atoms with Gasteiger partial charge in [-0.1, -0.05) is 42.5 Å². The molecular weight excluding hydrogens is 460 g/mol. The maximum atomic E-state index is 13.7. The lowest BCUT2D eigenvalue weighted by Gasteiger charge is -2.37. The Morgan fingerprint density at radius 1 is 1.00 bits per heavy atom. The summed E-state index contributed by atoms with van der Waals surface area (Å²) in [7, 11) is -2.92. The fourth-order valence-electron chi connectivity index (χ4n) is 5.06. The van der Waals surface area contributed by atoms with Crippen LogP contribution in [-0.2, 0) is 16.4 Å². The molecule has 2 saturated heterocycles. The van der Waals surface area contributed by atoms with Gasteiger partial charge in [-0.05, 0) is 43.0 Å². The van der Waals surface area contributed by atoms with E-state index in [4.69, 9.17) is 5.10 Å². The first-order valence-electron chi connectivity index (χ1n) is 12.2. The van der Waals surface area contributed by atoms with Gasteiger partial charge in [0.05, 0.1) is 23.6 Å². The van der Waals surface area contributed by atoms with Gasteiger partial charge in [-0.2, -0.15) is 5.10 Å². The van der Waals surface area contributed by atoms with Gasteiger partial charge in [-0.15, -0.1) is 0 Å². The van der Waals surface area contributed by atoms with Crippen LogP contribution in [0.3, 0.4) is 0 Å². The molecule has 0 bridgehead atoms. The molecule has 2 aliphatic rings. The molecule has 5 rings (SSSR count). The SMILES string of the molecule is Cc1ccc(-c2nn(Cc3ccccc3)cc2C(=O)N2CCN([C@@H]3CCS(=O)(=O)C3)CC2)cc1C. The normalized spacial score (nSPS) is 20.3. The van der Waals surface area contributed by atoms with E-state index < -0.39 is 9.84 Å². The highest BCUT2D eigenvalue weighted by Crippen LogP contribution is 2.27.